The van der Waals surface area contributed by atoms with Gasteiger partial charge in [-0.1, -0.05) is 164 Å². The molecule has 0 saturated heterocycles. The quantitative estimate of drug-likeness (QED) is 0.136. The van der Waals surface area contributed by atoms with Gasteiger partial charge in [0.2, 0.25) is 0 Å². The van der Waals surface area contributed by atoms with Crippen molar-refractivity contribution in [1.29, 1.82) is 0 Å². The molecule has 0 N–H and O–H groups in total. The molecule has 11 rings (SSSR count). The number of hydrogen-bond acceptors (Lipinski definition) is 1. The highest BCUT2D eigenvalue weighted by Crippen LogP contribution is 2.47. The number of benzene rings is 10. The van der Waals surface area contributed by atoms with Crippen LogP contribution in [-0.4, -0.2) is 0 Å². The van der Waals surface area contributed by atoms with Crippen molar-refractivity contribution < 1.29 is 15.4 Å². The Kier molecular flexibility index (Phi) is 4.57. The molecule has 51 heavy (non-hydrogen) atoms. The van der Waals surface area contributed by atoms with Crippen LogP contribution >= 0.6 is 0 Å². The Labute approximate surface area is 305 Å². The second-order valence-electron chi connectivity index (χ2n) is 13.0. The molecule has 0 saturated carbocycles. The zero-order valence-electron chi connectivity index (χ0n) is 35.1. The maximum atomic E-state index is 9.47. The molecule has 0 radical (unpaired) electrons. The van der Waals surface area contributed by atoms with E-state index in [9.17, 15) is 5.48 Å². The normalized spacial score (nSPS) is 14.1. The van der Waals surface area contributed by atoms with Gasteiger partial charge in [-0.15, -0.1) is 0 Å². The number of fused-ring (bicyclic) bond motifs is 10. The van der Waals surface area contributed by atoms with Crippen molar-refractivity contribution in [1.82, 2.24) is 0 Å². The van der Waals surface area contributed by atoms with E-state index in [0.29, 0.717) is 22.3 Å². The lowest BCUT2D eigenvalue weighted by molar-refractivity contribution is 0.673. The molecule has 11 aromatic rings. The third kappa shape index (κ3) is 4.16. The predicted molar refractivity (Wildman–Crippen MR) is 218 cm³/mol. The van der Waals surface area contributed by atoms with Gasteiger partial charge in [-0.3, -0.25) is 0 Å². The van der Waals surface area contributed by atoms with Gasteiger partial charge >= 0.3 is 0 Å². The summed E-state index contributed by atoms with van der Waals surface area (Å²) >= 11 is 0. The third-order valence-electron chi connectivity index (χ3n) is 10.3. The second kappa shape index (κ2) is 10.9. The summed E-state index contributed by atoms with van der Waals surface area (Å²) in [5.41, 5.74) is 5.19. The molecule has 0 bridgehead atoms. The molecule has 1 heteroatoms. The van der Waals surface area contributed by atoms with E-state index in [0.717, 1.165) is 65.4 Å². The van der Waals surface area contributed by atoms with Gasteiger partial charge in [-0.25, -0.2) is 0 Å². The molecule has 0 spiro atoms. The summed E-state index contributed by atoms with van der Waals surface area (Å²) in [6.45, 7) is 0. The lowest BCUT2D eigenvalue weighted by Crippen LogP contribution is -1.92. The predicted octanol–water partition coefficient (Wildman–Crippen LogP) is 14.4. The van der Waals surface area contributed by atoms with E-state index in [1.54, 1.807) is 0 Å². The highest BCUT2D eigenvalue weighted by atomic mass is 16.3. The maximum Gasteiger partial charge on any atom is 0.143 e. The zero-order chi connectivity index (χ0) is 40.4. The van der Waals surface area contributed by atoms with Crippen LogP contribution in [0, 0.1) is 0 Å². The standard InChI is InChI=1S/C50H30O/c1-4-15-37-31(12-1)28-29-44-49-36(22-11-23-46(49)51-50(37)44)32-24-26-33(27-25-32)47-40-18-7-9-20-42(40)48(43-21-10-8-19-41(43)47)45-30-34-13-2-3-14-35(34)38-16-5-6-17-39(38)45/h1-30H/i7D,8D,9D,10D,18D,19D,20D,21D. The molecular formula is C50H30O. The summed E-state index contributed by atoms with van der Waals surface area (Å²) in [6, 6.07) is 40.7. The second-order valence-corrected chi connectivity index (χ2v) is 13.0. The van der Waals surface area contributed by atoms with E-state index in [2.05, 4.69) is 24.3 Å². The molecule has 0 atom stereocenters. The molecule has 0 fully saturated rings. The molecule has 0 aliphatic rings. The molecule has 10 aromatic carbocycles. The van der Waals surface area contributed by atoms with Crippen LogP contribution in [0.4, 0.5) is 0 Å². The topological polar surface area (TPSA) is 13.1 Å². The minimum absolute atomic E-state index is 0.184. The fraction of sp³-hybridized carbons (Fsp3) is 0. The van der Waals surface area contributed by atoms with Crippen molar-refractivity contribution in [3.05, 3.63) is 182 Å². The van der Waals surface area contributed by atoms with Crippen LogP contribution in [0.25, 0.3) is 109 Å². The summed E-state index contributed by atoms with van der Waals surface area (Å²) in [4.78, 5) is 0. The van der Waals surface area contributed by atoms with Crippen LogP contribution in [0.3, 0.4) is 0 Å². The lowest BCUT2D eigenvalue weighted by atomic mass is 9.83. The summed E-state index contributed by atoms with van der Waals surface area (Å²) < 4.78 is 79.9. The van der Waals surface area contributed by atoms with Crippen LogP contribution in [-0.2, 0) is 0 Å². The smallest absolute Gasteiger partial charge is 0.143 e. The van der Waals surface area contributed by atoms with E-state index in [1.807, 2.05) is 109 Å². The summed E-state index contributed by atoms with van der Waals surface area (Å²) in [5.74, 6) is 0. The first-order chi connectivity index (χ1) is 28.6. The minimum atomic E-state index is -0.430. The van der Waals surface area contributed by atoms with Crippen LogP contribution in [0.1, 0.15) is 11.0 Å². The molecule has 1 aromatic heterocycles. The highest BCUT2D eigenvalue weighted by molar-refractivity contribution is 6.26. The summed E-state index contributed by atoms with van der Waals surface area (Å²) in [5, 5.41) is 8.39. The van der Waals surface area contributed by atoms with E-state index < -0.39 is 24.2 Å². The molecule has 0 aliphatic carbocycles. The first kappa shape index (κ1) is 21.4. The van der Waals surface area contributed by atoms with Gasteiger partial charge in [0.1, 0.15) is 11.2 Å². The molecule has 0 unspecified atom stereocenters. The van der Waals surface area contributed by atoms with Gasteiger partial charge in [-0.05, 0) is 100 Å². The van der Waals surface area contributed by atoms with Crippen LogP contribution in [0.2, 0.25) is 0 Å². The number of rotatable bonds is 3. The highest BCUT2D eigenvalue weighted by Gasteiger charge is 2.20. The van der Waals surface area contributed by atoms with Crippen molar-refractivity contribution in [2.45, 2.75) is 0 Å². The van der Waals surface area contributed by atoms with Gasteiger partial charge < -0.3 is 4.42 Å². The molecule has 1 heterocycles. The Morgan fingerprint density at radius 1 is 0.373 bits per heavy atom. The Bertz CT molecular complexity index is 3560. The van der Waals surface area contributed by atoms with E-state index in [-0.39, 0.29) is 45.7 Å². The van der Waals surface area contributed by atoms with Crippen LogP contribution < -0.4 is 0 Å². The third-order valence-corrected chi connectivity index (χ3v) is 10.3. The lowest BCUT2D eigenvalue weighted by Gasteiger charge is -2.19. The van der Waals surface area contributed by atoms with Crippen molar-refractivity contribution in [2.24, 2.45) is 0 Å². The number of hydrogen-bond donors (Lipinski definition) is 0. The zero-order valence-corrected chi connectivity index (χ0v) is 27.1. The van der Waals surface area contributed by atoms with Gasteiger partial charge in [0.05, 0.1) is 11.0 Å². The summed E-state index contributed by atoms with van der Waals surface area (Å²) in [6.07, 6.45) is 0. The van der Waals surface area contributed by atoms with E-state index in [4.69, 9.17) is 9.90 Å². The molecular weight excluding hydrogens is 617 g/mol. The van der Waals surface area contributed by atoms with Crippen molar-refractivity contribution in [3.63, 3.8) is 0 Å². The van der Waals surface area contributed by atoms with E-state index in [1.165, 1.54) is 0 Å². The Morgan fingerprint density at radius 3 is 1.69 bits per heavy atom. The van der Waals surface area contributed by atoms with Gasteiger partial charge in [0.25, 0.3) is 0 Å². The minimum Gasteiger partial charge on any atom is -0.455 e. The fourth-order valence-electron chi connectivity index (χ4n) is 8.05. The van der Waals surface area contributed by atoms with Crippen LogP contribution in [0.5, 0.6) is 0 Å². The Balaban J connectivity index is 1.25. The SMILES string of the molecule is [2H]c1c([2H])c([2H])c2c(-c3cc4ccccc4c4ccccc34)c3c([2H])c([2H])c([2H])c([2H])c3c(-c3ccc(-c4cccc5oc6c7ccccc7ccc6c45)cc3)c2c1[2H]. The maximum absolute atomic E-state index is 9.47. The van der Waals surface area contributed by atoms with Gasteiger partial charge in [0, 0.05) is 16.2 Å². The Morgan fingerprint density at radius 2 is 0.961 bits per heavy atom. The van der Waals surface area contributed by atoms with Gasteiger partial charge in [-0.2, -0.15) is 0 Å². The van der Waals surface area contributed by atoms with Crippen molar-refractivity contribution >= 4 is 75.8 Å². The largest absolute Gasteiger partial charge is 0.455 e. The monoisotopic (exact) mass is 654 g/mol. The summed E-state index contributed by atoms with van der Waals surface area (Å²) in [7, 11) is 0. The first-order valence-electron chi connectivity index (χ1n) is 20.9. The van der Waals surface area contributed by atoms with Gasteiger partial charge in [0.15, 0.2) is 0 Å². The van der Waals surface area contributed by atoms with E-state index >= 15 is 0 Å². The van der Waals surface area contributed by atoms with Crippen molar-refractivity contribution in [2.75, 3.05) is 0 Å². The number of furan rings is 1. The first-order valence-corrected chi connectivity index (χ1v) is 16.9. The molecule has 0 aliphatic heterocycles. The van der Waals surface area contributed by atoms with Crippen LogP contribution in [0.15, 0.2) is 186 Å². The fourth-order valence-corrected chi connectivity index (χ4v) is 8.05. The average molecular weight is 655 g/mol. The molecule has 236 valence electrons. The molecule has 1 nitrogen and oxygen atoms in total. The van der Waals surface area contributed by atoms with Crippen molar-refractivity contribution in [3.8, 4) is 33.4 Å². The Hall–Kier alpha value is -6.70. The molecule has 0 amide bonds. The average Bonchev–Trinajstić information content (AvgIpc) is 3.67.